The van der Waals surface area contributed by atoms with Crippen LogP contribution in [-0.2, 0) is 6.42 Å². The summed E-state index contributed by atoms with van der Waals surface area (Å²) in [5.74, 6) is 0.980. The van der Waals surface area contributed by atoms with E-state index in [1.54, 1.807) is 7.11 Å². The first-order chi connectivity index (χ1) is 8.10. The summed E-state index contributed by atoms with van der Waals surface area (Å²) < 4.78 is 5.47. The lowest BCUT2D eigenvalue weighted by Crippen LogP contribution is -2.08. The van der Waals surface area contributed by atoms with Gasteiger partial charge in [-0.05, 0) is 49.8 Å². The highest BCUT2D eigenvalue weighted by atomic mass is 16.5. The molecule has 0 radical (unpaired) electrons. The van der Waals surface area contributed by atoms with Crippen LogP contribution >= 0.6 is 0 Å². The minimum atomic E-state index is -0.189. The van der Waals surface area contributed by atoms with E-state index in [0.29, 0.717) is 0 Å². The molecule has 0 aliphatic carbocycles. The molecule has 0 bridgehead atoms. The first kappa shape index (κ1) is 14.0. The number of hydrogen-bond donors (Lipinski definition) is 1. The fraction of sp³-hybridized carbons (Fsp3) is 0.600. The first-order valence-electron chi connectivity index (χ1n) is 6.41. The van der Waals surface area contributed by atoms with Crippen molar-refractivity contribution in [3.8, 4) is 5.75 Å². The molecule has 1 rings (SSSR count). The molecule has 0 aliphatic rings. The highest BCUT2D eigenvalue weighted by Gasteiger charge is 2.10. The summed E-state index contributed by atoms with van der Waals surface area (Å²) in [4.78, 5) is 0. The predicted molar refractivity (Wildman–Crippen MR) is 71.7 cm³/mol. The van der Waals surface area contributed by atoms with E-state index in [1.807, 2.05) is 0 Å². The largest absolute Gasteiger partial charge is 0.496 e. The number of rotatable bonds is 6. The molecule has 0 fully saturated rings. The highest BCUT2D eigenvalue weighted by molar-refractivity contribution is 5.45. The number of benzene rings is 1. The number of aliphatic hydroxyl groups is 1. The topological polar surface area (TPSA) is 29.5 Å². The van der Waals surface area contributed by atoms with Gasteiger partial charge in [-0.15, -0.1) is 0 Å². The van der Waals surface area contributed by atoms with E-state index < -0.39 is 0 Å². The van der Waals surface area contributed by atoms with Crippen LogP contribution in [0.3, 0.4) is 0 Å². The molecule has 0 heterocycles. The van der Waals surface area contributed by atoms with Crippen molar-refractivity contribution in [2.75, 3.05) is 7.11 Å². The molecule has 1 aromatic rings. The molecule has 0 spiro atoms. The number of methoxy groups -OCH3 is 1. The number of aliphatic hydroxyl groups excluding tert-OH is 1. The second-order valence-corrected chi connectivity index (χ2v) is 4.68. The lowest BCUT2D eigenvalue weighted by molar-refractivity contribution is 0.153. The fourth-order valence-corrected chi connectivity index (χ4v) is 2.13. The van der Waals surface area contributed by atoms with Crippen LogP contribution in [0.4, 0.5) is 0 Å². The average molecular weight is 236 g/mol. The van der Waals surface area contributed by atoms with E-state index in [0.717, 1.165) is 31.4 Å². The lowest BCUT2D eigenvalue weighted by Gasteiger charge is -2.15. The zero-order valence-corrected chi connectivity index (χ0v) is 11.4. The van der Waals surface area contributed by atoms with Crippen molar-refractivity contribution in [2.24, 2.45) is 0 Å². The molecule has 0 aromatic heterocycles. The third-order valence-electron chi connectivity index (χ3n) is 3.33. The van der Waals surface area contributed by atoms with Gasteiger partial charge in [0, 0.05) is 0 Å². The van der Waals surface area contributed by atoms with Gasteiger partial charge < -0.3 is 9.84 Å². The summed E-state index contributed by atoms with van der Waals surface area (Å²) in [6.45, 7) is 6.27. The van der Waals surface area contributed by atoms with Crippen molar-refractivity contribution in [1.29, 1.82) is 0 Å². The van der Waals surface area contributed by atoms with Crippen LogP contribution in [0.15, 0.2) is 12.1 Å². The normalized spacial score (nSPS) is 12.5. The second kappa shape index (κ2) is 6.65. The molecule has 1 atom stereocenters. The van der Waals surface area contributed by atoms with Crippen molar-refractivity contribution in [3.63, 3.8) is 0 Å². The quantitative estimate of drug-likeness (QED) is 0.820. The van der Waals surface area contributed by atoms with Crippen LogP contribution < -0.4 is 4.74 Å². The third kappa shape index (κ3) is 3.74. The van der Waals surface area contributed by atoms with Gasteiger partial charge in [-0.3, -0.25) is 0 Å². The van der Waals surface area contributed by atoms with Gasteiger partial charge in [0.1, 0.15) is 5.75 Å². The van der Waals surface area contributed by atoms with Gasteiger partial charge >= 0.3 is 0 Å². The molecular weight excluding hydrogens is 212 g/mol. The molecular formula is C15H24O2. The Kier molecular flexibility index (Phi) is 5.49. The van der Waals surface area contributed by atoms with E-state index in [1.165, 1.54) is 16.7 Å². The monoisotopic (exact) mass is 236 g/mol. The second-order valence-electron chi connectivity index (χ2n) is 4.68. The molecule has 96 valence electrons. The molecule has 0 saturated heterocycles. The standard InChI is InChI=1S/C15H24O2/c1-5-6-14(16)10-9-13-8-7-11(2)12(3)15(13)17-4/h7-8,14,16H,5-6,9-10H2,1-4H3. The number of aryl methyl sites for hydroxylation is 2. The maximum Gasteiger partial charge on any atom is 0.125 e. The summed E-state index contributed by atoms with van der Waals surface area (Å²) >= 11 is 0. The van der Waals surface area contributed by atoms with Crippen molar-refractivity contribution in [1.82, 2.24) is 0 Å². The minimum absolute atomic E-state index is 0.189. The van der Waals surface area contributed by atoms with Crippen molar-refractivity contribution in [3.05, 3.63) is 28.8 Å². The van der Waals surface area contributed by atoms with Crippen molar-refractivity contribution < 1.29 is 9.84 Å². The zero-order valence-electron chi connectivity index (χ0n) is 11.4. The maximum absolute atomic E-state index is 9.76. The summed E-state index contributed by atoms with van der Waals surface area (Å²) in [6, 6.07) is 4.24. The first-order valence-corrected chi connectivity index (χ1v) is 6.41. The Morgan fingerprint density at radius 3 is 2.53 bits per heavy atom. The zero-order chi connectivity index (χ0) is 12.8. The molecule has 0 saturated carbocycles. The average Bonchev–Trinajstić information content (AvgIpc) is 2.31. The Morgan fingerprint density at radius 1 is 1.24 bits per heavy atom. The third-order valence-corrected chi connectivity index (χ3v) is 3.33. The maximum atomic E-state index is 9.76. The number of hydrogen-bond acceptors (Lipinski definition) is 2. The smallest absolute Gasteiger partial charge is 0.125 e. The Hall–Kier alpha value is -1.02. The van der Waals surface area contributed by atoms with Gasteiger partial charge in [-0.1, -0.05) is 25.5 Å². The van der Waals surface area contributed by atoms with E-state index in [2.05, 4.69) is 32.9 Å². The van der Waals surface area contributed by atoms with Crippen LogP contribution in [0, 0.1) is 13.8 Å². The number of ether oxygens (including phenoxy) is 1. The molecule has 17 heavy (non-hydrogen) atoms. The van der Waals surface area contributed by atoms with Crippen LogP contribution in [0.1, 0.15) is 42.9 Å². The van der Waals surface area contributed by atoms with E-state index >= 15 is 0 Å². The molecule has 1 aromatic carbocycles. The van der Waals surface area contributed by atoms with Crippen LogP contribution in [0.2, 0.25) is 0 Å². The van der Waals surface area contributed by atoms with Gasteiger partial charge in [0.15, 0.2) is 0 Å². The van der Waals surface area contributed by atoms with E-state index in [4.69, 9.17) is 4.74 Å². The van der Waals surface area contributed by atoms with Gasteiger partial charge in [-0.25, -0.2) is 0 Å². The molecule has 0 amide bonds. The van der Waals surface area contributed by atoms with Gasteiger partial charge in [0.05, 0.1) is 13.2 Å². The summed E-state index contributed by atoms with van der Waals surface area (Å²) in [5.41, 5.74) is 3.65. The van der Waals surface area contributed by atoms with E-state index in [-0.39, 0.29) is 6.10 Å². The van der Waals surface area contributed by atoms with Crippen molar-refractivity contribution in [2.45, 2.75) is 52.6 Å². The Labute approximate surface area is 105 Å². The van der Waals surface area contributed by atoms with Crippen LogP contribution in [0.25, 0.3) is 0 Å². The van der Waals surface area contributed by atoms with Gasteiger partial charge in [-0.2, -0.15) is 0 Å². The van der Waals surface area contributed by atoms with Crippen LogP contribution in [-0.4, -0.2) is 18.3 Å². The van der Waals surface area contributed by atoms with Gasteiger partial charge in [0.25, 0.3) is 0 Å². The molecule has 1 N–H and O–H groups in total. The predicted octanol–water partition coefficient (Wildman–Crippen LogP) is 3.41. The minimum Gasteiger partial charge on any atom is -0.496 e. The Bertz CT molecular complexity index is 358. The SMILES string of the molecule is CCCC(O)CCc1ccc(C)c(C)c1OC. The van der Waals surface area contributed by atoms with E-state index in [9.17, 15) is 5.11 Å². The Balaban J connectivity index is 2.74. The lowest BCUT2D eigenvalue weighted by atomic mass is 9.99. The molecule has 2 heteroatoms. The highest BCUT2D eigenvalue weighted by Crippen LogP contribution is 2.27. The molecule has 1 unspecified atom stereocenters. The summed E-state index contributed by atoms with van der Waals surface area (Å²) in [6.07, 6.45) is 3.42. The molecule has 0 aliphatic heterocycles. The summed E-state index contributed by atoms with van der Waals surface area (Å²) in [7, 11) is 1.72. The fourth-order valence-electron chi connectivity index (χ4n) is 2.13. The summed E-state index contributed by atoms with van der Waals surface area (Å²) in [5, 5.41) is 9.76. The van der Waals surface area contributed by atoms with Crippen LogP contribution in [0.5, 0.6) is 5.75 Å². The Morgan fingerprint density at radius 2 is 1.94 bits per heavy atom. The molecule has 2 nitrogen and oxygen atoms in total. The van der Waals surface area contributed by atoms with Gasteiger partial charge in [0.2, 0.25) is 0 Å². The van der Waals surface area contributed by atoms with Crippen molar-refractivity contribution >= 4 is 0 Å².